The molecule has 124 valence electrons. The predicted octanol–water partition coefficient (Wildman–Crippen LogP) is -1.88. The lowest BCUT2D eigenvalue weighted by molar-refractivity contribution is -0.182. The number of fused-ring (bicyclic) bond motifs is 1. The summed E-state index contributed by atoms with van der Waals surface area (Å²) in [5, 5.41) is 36.8. The van der Waals surface area contributed by atoms with Gasteiger partial charge in [0.2, 0.25) is 0 Å². The summed E-state index contributed by atoms with van der Waals surface area (Å²) >= 11 is 0. The molecule has 0 aromatic carbocycles. The van der Waals surface area contributed by atoms with Crippen LogP contribution in [0.3, 0.4) is 0 Å². The normalized spacial score (nSPS) is 36.0. The zero-order chi connectivity index (χ0) is 17.6. The number of cyclic esters (lactones) is 2. The zero-order valence-corrected chi connectivity index (χ0v) is 11.1. The van der Waals surface area contributed by atoms with Gasteiger partial charge in [-0.2, -0.15) is 0 Å². The number of hydrogen-bond acceptors (Lipinski definition) is 7. The van der Waals surface area contributed by atoms with Crippen LogP contribution in [0.2, 0.25) is 0 Å². The van der Waals surface area contributed by atoms with Gasteiger partial charge in [-0.1, -0.05) is 0 Å². The molecule has 0 aromatic rings. The third-order valence-electron chi connectivity index (χ3n) is 4.21. The maximum absolute atomic E-state index is 11.7. The summed E-state index contributed by atoms with van der Waals surface area (Å²) in [6.07, 6.45) is 0. The highest BCUT2D eigenvalue weighted by Crippen LogP contribution is 2.50. The Morgan fingerprint density at radius 2 is 0.870 bits per heavy atom. The minimum Gasteiger partial charge on any atom is -0.481 e. The Bertz CT molecular complexity index is 581. The molecule has 6 atom stereocenters. The van der Waals surface area contributed by atoms with Crippen molar-refractivity contribution < 1.29 is 53.9 Å². The van der Waals surface area contributed by atoms with Crippen LogP contribution >= 0.6 is 0 Å². The maximum atomic E-state index is 11.7. The lowest BCUT2D eigenvalue weighted by Crippen LogP contribution is -2.57. The van der Waals surface area contributed by atoms with Gasteiger partial charge in [0.1, 0.15) is 0 Å². The summed E-state index contributed by atoms with van der Waals surface area (Å²) in [5.74, 6) is -22.5. The maximum Gasteiger partial charge on any atom is 0.318 e. The van der Waals surface area contributed by atoms with Crippen LogP contribution in [0.1, 0.15) is 0 Å². The number of rotatable bonds is 4. The average Bonchev–Trinajstić information content (AvgIpc) is 2.70. The first-order valence-electron chi connectivity index (χ1n) is 6.26. The van der Waals surface area contributed by atoms with Crippen LogP contribution in [0.15, 0.2) is 0 Å². The van der Waals surface area contributed by atoms with Crippen LogP contribution in [-0.2, 0) is 33.5 Å². The highest BCUT2D eigenvalue weighted by Gasteiger charge is 2.68. The largest absolute Gasteiger partial charge is 0.481 e. The Hall–Kier alpha value is -2.98. The van der Waals surface area contributed by atoms with E-state index in [9.17, 15) is 49.2 Å². The van der Waals surface area contributed by atoms with Gasteiger partial charge >= 0.3 is 35.8 Å². The number of carboxylic acid groups (broad SMARTS) is 4. The second-order valence-corrected chi connectivity index (χ2v) is 5.25. The van der Waals surface area contributed by atoms with E-state index >= 15 is 0 Å². The number of esters is 2. The van der Waals surface area contributed by atoms with E-state index in [-0.39, 0.29) is 0 Å². The van der Waals surface area contributed by atoms with Crippen LogP contribution in [0.4, 0.5) is 0 Å². The Morgan fingerprint density at radius 1 is 0.609 bits per heavy atom. The Kier molecular flexibility index (Phi) is 3.80. The Labute approximate surface area is 126 Å². The van der Waals surface area contributed by atoms with E-state index in [0.29, 0.717) is 0 Å². The molecule has 23 heavy (non-hydrogen) atoms. The second kappa shape index (κ2) is 5.34. The molecule has 6 unspecified atom stereocenters. The number of ether oxygens (including phenoxy) is 1. The Morgan fingerprint density at radius 3 is 1.09 bits per heavy atom. The topological polar surface area (TPSA) is 193 Å². The molecule has 0 spiro atoms. The molecule has 1 saturated heterocycles. The van der Waals surface area contributed by atoms with Crippen molar-refractivity contribution in [3.8, 4) is 0 Å². The molecule has 2 aliphatic rings. The monoisotopic (exact) mass is 330 g/mol. The van der Waals surface area contributed by atoms with Crippen molar-refractivity contribution in [2.24, 2.45) is 35.5 Å². The molecular formula is C12H10O11. The van der Waals surface area contributed by atoms with E-state index in [1.807, 2.05) is 0 Å². The molecular weight excluding hydrogens is 320 g/mol. The highest BCUT2D eigenvalue weighted by molar-refractivity contribution is 6.03. The molecule has 1 heterocycles. The molecule has 1 aliphatic carbocycles. The van der Waals surface area contributed by atoms with Gasteiger partial charge < -0.3 is 25.2 Å². The van der Waals surface area contributed by atoms with Gasteiger partial charge in [-0.15, -0.1) is 0 Å². The van der Waals surface area contributed by atoms with Gasteiger partial charge in [0.15, 0.2) is 0 Å². The predicted molar refractivity (Wildman–Crippen MR) is 62.6 cm³/mol. The lowest BCUT2D eigenvalue weighted by Gasteiger charge is -2.39. The van der Waals surface area contributed by atoms with Crippen molar-refractivity contribution in [3.05, 3.63) is 0 Å². The summed E-state index contributed by atoms with van der Waals surface area (Å²) in [6, 6.07) is 0. The molecule has 11 heteroatoms. The number of carbonyl (C=O) groups excluding carboxylic acids is 2. The van der Waals surface area contributed by atoms with Gasteiger partial charge in [-0.25, -0.2) is 0 Å². The molecule has 2 fully saturated rings. The molecule has 0 amide bonds. The third kappa shape index (κ3) is 2.29. The van der Waals surface area contributed by atoms with E-state index < -0.39 is 71.3 Å². The van der Waals surface area contributed by atoms with Gasteiger partial charge in [-0.3, -0.25) is 28.8 Å². The molecule has 1 aliphatic heterocycles. The van der Waals surface area contributed by atoms with Crippen molar-refractivity contribution in [2.75, 3.05) is 0 Å². The summed E-state index contributed by atoms with van der Waals surface area (Å²) < 4.78 is 4.23. The van der Waals surface area contributed by atoms with E-state index in [4.69, 9.17) is 0 Å². The van der Waals surface area contributed by atoms with E-state index in [1.165, 1.54) is 0 Å². The number of carbonyl (C=O) groups is 6. The summed E-state index contributed by atoms with van der Waals surface area (Å²) in [5.41, 5.74) is 0. The van der Waals surface area contributed by atoms with Crippen molar-refractivity contribution in [1.29, 1.82) is 0 Å². The van der Waals surface area contributed by atoms with E-state index in [1.54, 1.807) is 0 Å². The van der Waals surface area contributed by atoms with Crippen molar-refractivity contribution >= 4 is 35.8 Å². The quantitative estimate of drug-likeness (QED) is 0.333. The molecule has 0 radical (unpaired) electrons. The summed E-state index contributed by atoms with van der Waals surface area (Å²) in [6.45, 7) is 0. The van der Waals surface area contributed by atoms with Crippen LogP contribution in [0, 0.1) is 35.5 Å². The molecule has 4 N–H and O–H groups in total. The lowest BCUT2D eigenvalue weighted by atomic mass is 9.57. The minimum atomic E-state index is -2.20. The van der Waals surface area contributed by atoms with Crippen LogP contribution < -0.4 is 0 Å². The number of aliphatic carboxylic acids is 4. The highest BCUT2D eigenvalue weighted by atomic mass is 16.6. The van der Waals surface area contributed by atoms with Gasteiger partial charge in [-0.05, 0) is 0 Å². The average molecular weight is 330 g/mol. The van der Waals surface area contributed by atoms with Crippen LogP contribution in [-0.4, -0.2) is 56.2 Å². The standard InChI is InChI=1S/C12H10O11/c13-7(14)1-2(8(15)16)4(10(19)20)6-5(3(1)9(17)18)11(21)23-12(6)22/h1-6H,(H,13,14)(H,15,16)(H,17,18)(H,19,20). The fourth-order valence-corrected chi connectivity index (χ4v) is 3.39. The van der Waals surface area contributed by atoms with Crippen molar-refractivity contribution in [2.45, 2.75) is 0 Å². The fourth-order valence-electron chi connectivity index (χ4n) is 3.39. The van der Waals surface area contributed by atoms with Crippen LogP contribution in [0.5, 0.6) is 0 Å². The first-order valence-corrected chi connectivity index (χ1v) is 6.26. The molecule has 0 bridgehead atoms. The first-order chi connectivity index (χ1) is 10.6. The van der Waals surface area contributed by atoms with Crippen LogP contribution in [0.25, 0.3) is 0 Å². The smallest absolute Gasteiger partial charge is 0.318 e. The third-order valence-corrected chi connectivity index (χ3v) is 4.21. The minimum absolute atomic E-state index is 1.37. The second-order valence-electron chi connectivity index (χ2n) is 5.25. The molecule has 11 nitrogen and oxygen atoms in total. The van der Waals surface area contributed by atoms with E-state index in [2.05, 4.69) is 4.74 Å². The SMILES string of the molecule is O=C(O)C1C(C(=O)O)C(C(=O)O)C2C(=O)OC(=O)C2C1C(=O)O. The van der Waals surface area contributed by atoms with Crippen molar-refractivity contribution in [1.82, 2.24) is 0 Å². The first kappa shape index (κ1) is 16.4. The molecule has 0 aromatic heterocycles. The zero-order valence-electron chi connectivity index (χ0n) is 11.1. The summed E-state index contributed by atoms with van der Waals surface area (Å²) in [4.78, 5) is 68.9. The van der Waals surface area contributed by atoms with Gasteiger partial charge in [0, 0.05) is 0 Å². The van der Waals surface area contributed by atoms with Gasteiger partial charge in [0.25, 0.3) is 0 Å². The number of hydrogen-bond donors (Lipinski definition) is 4. The molecule has 2 rings (SSSR count). The number of carboxylic acids is 4. The van der Waals surface area contributed by atoms with Gasteiger partial charge in [0.05, 0.1) is 35.5 Å². The molecule has 1 saturated carbocycles. The summed E-state index contributed by atoms with van der Waals surface area (Å²) in [7, 11) is 0. The Balaban J connectivity index is 2.71. The fraction of sp³-hybridized carbons (Fsp3) is 0.500. The van der Waals surface area contributed by atoms with Crippen molar-refractivity contribution in [3.63, 3.8) is 0 Å². The van der Waals surface area contributed by atoms with E-state index in [0.717, 1.165) is 0 Å².